The third kappa shape index (κ3) is 3.01. The molecule has 1 aliphatic carbocycles. The Morgan fingerprint density at radius 2 is 1.90 bits per heavy atom. The molecule has 3 aliphatic heterocycles. The maximum Gasteiger partial charge on any atom is 0.251 e. The second-order valence-corrected chi connectivity index (χ2v) is 9.00. The highest BCUT2D eigenvalue weighted by Gasteiger charge is 2.58. The maximum atomic E-state index is 13.1. The molecule has 6 rings (SSSR count). The Kier molecular flexibility index (Phi) is 4.59. The van der Waals surface area contributed by atoms with E-state index < -0.39 is 0 Å². The molecule has 2 aromatic heterocycles. The fourth-order valence-corrected chi connectivity index (χ4v) is 5.81. The van der Waals surface area contributed by atoms with Gasteiger partial charge in [0.15, 0.2) is 0 Å². The normalized spacial score (nSPS) is 30.8. The molecule has 1 unspecified atom stereocenters. The van der Waals surface area contributed by atoms with E-state index in [0.717, 1.165) is 37.3 Å². The summed E-state index contributed by atoms with van der Waals surface area (Å²) in [5, 5.41) is 3.37. The van der Waals surface area contributed by atoms with Crippen molar-refractivity contribution < 1.29 is 4.79 Å². The van der Waals surface area contributed by atoms with Gasteiger partial charge in [0.2, 0.25) is 5.91 Å². The van der Waals surface area contributed by atoms with E-state index in [0.29, 0.717) is 48.3 Å². The standard InChI is InChI=1S/C21H24N6O2.ClH/c22-18-4-16(24-10-25-18)12-2-17-13-1-11(8-27(17)19(28)3-12)7-26(9-13)21(29)20-14-5-23-6-15(14)20;/h2-4,10-11,13-15,20,23H,1,5-9H2,(H2,22,24,25);1H/t11-,13+,14-,15+,20?;/m0./s1. The number of fused-ring (bicyclic) bond motifs is 5. The average Bonchev–Trinajstić information content (AvgIpc) is 3.19. The summed E-state index contributed by atoms with van der Waals surface area (Å²) >= 11 is 0. The van der Waals surface area contributed by atoms with E-state index in [2.05, 4.69) is 20.2 Å². The summed E-state index contributed by atoms with van der Waals surface area (Å²) in [6.45, 7) is 4.11. The lowest BCUT2D eigenvalue weighted by Crippen LogP contribution is -2.50. The third-order valence-corrected chi connectivity index (χ3v) is 7.23. The van der Waals surface area contributed by atoms with Gasteiger partial charge >= 0.3 is 0 Å². The van der Waals surface area contributed by atoms with Crippen molar-refractivity contribution >= 4 is 24.1 Å². The molecule has 30 heavy (non-hydrogen) atoms. The molecule has 2 aromatic rings. The van der Waals surface area contributed by atoms with Crippen LogP contribution in [0, 0.1) is 23.7 Å². The van der Waals surface area contributed by atoms with Crippen molar-refractivity contribution in [1.29, 1.82) is 0 Å². The molecule has 0 radical (unpaired) electrons. The molecule has 5 atom stereocenters. The number of nitrogen functional groups attached to an aromatic ring is 1. The first kappa shape index (κ1) is 19.5. The van der Waals surface area contributed by atoms with E-state index in [-0.39, 0.29) is 29.8 Å². The highest BCUT2D eigenvalue weighted by atomic mass is 35.5. The minimum atomic E-state index is -0.00744. The Labute approximate surface area is 180 Å². The van der Waals surface area contributed by atoms with E-state index in [1.54, 1.807) is 12.1 Å². The second kappa shape index (κ2) is 7.06. The van der Waals surface area contributed by atoms with Crippen LogP contribution in [-0.4, -0.2) is 51.5 Å². The number of nitrogens with two attached hydrogens (primary N) is 1. The number of anilines is 1. The Balaban J connectivity index is 0.00000193. The van der Waals surface area contributed by atoms with Gasteiger partial charge in [0.1, 0.15) is 12.1 Å². The number of hydrogen-bond acceptors (Lipinski definition) is 6. The van der Waals surface area contributed by atoms with Gasteiger partial charge in [-0.15, -0.1) is 12.4 Å². The molecule has 9 heteroatoms. The zero-order valence-electron chi connectivity index (χ0n) is 16.5. The molecule has 0 aromatic carbocycles. The number of halogens is 1. The largest absolute Gasteiger partial charge is 0.384 e. The lowest BCUT2D eigenvalue weighted by atomic mass is 9.82. The quantitative estimate of drug-likeness (QED) is 0.730. The highest BCUT2D eigenvalue weighted by molar-refractivity contribution is 5.85. The number of aromatic nitrogens is 3. The number of hydrogen-bond donors (Lipinski definition) is 2. The third-order valence-electron chi connectivity index (χ3n) is 7.23. The number of nitrogens with one attached hydrogen (secondary N) is 1. The lowest BCUT2D eigenvalue weighted by Gasteiger charge is -2.43. The fraction of sp³-hybridized carbons (Fsp3) is 0.524. The molecular formula is C21H25ClN6O2. The topological polar surface area (TPSA) is 106 Å². The zero-order valence-corrected chi connectivity index (χ0v) is 17.3. The van der Waals surface area contributed by atoms with Crippen LogP contribution in [0.2, 0.25) is 0 Å². The minimum Gasteiger partial charge on any atom is -0.384 e. The van der Waals surface area contributed by atoms with Gasteiger partial charge in [-0.25, -0.2) is 9.97 Å². The highest BCUT2D eigenvalue weighted by Crippen LogP contribution is 2.50. The fourth-order valence-electron chi connectivity index (χ4n) is 5.81. The number of carbonyl (C=O) groups excluding carboxylic acids is 1. The van der Waals surface area contributed by atoms with Gasteiger partial charge in [-0.2, -0.15) is 0 Å². The van der Waals surface area contributed by atoms with Crippen LogP contribution in [-0.2, 0) is 11.3 Å². The number of nitrogens with zero attached hydrogens (tertiary/aromatic N) is 4. The Morgan fingerprint density at radius 1 is 1.10 bits per heavy atom. The van der Waals surface area contributed by atoms with Crippen molar-refractivity contribution in [1.82, 2.24) is 24.8 Å². The Morgan fingerprint density at radius 3 is 2.67 bits per heavy atom. The maximum absolute atomic E-state index is 13.1. The number of amides is 1. The lowest BCUT2D eigenvalue weighted by molar-refractivity contribution is -0.136. The summed E-state index contributed by atoms with van der Waals surface area (Å²) in [5.74, 6) is 2.53. The summed E-state index contributed by atoms with van der Waals surface area (Å²) in [7, 11) is 0. The van der Waals surface area contributed by atoms with Crippen molar-refractivity contribution in [2.75, 3.05) is 31.9 Å². The summed E-state index contributed by atoms with van der Waals surface area (Å²) in [4.78, 5) is 36.2. The van der Waals surface area contributed by atoms with Crippen LogP contribution in [0.25, 0.3) is 11.3 Å². The van der Waals surface area contributed by atoms with Crippen molar-refractivity contribution in [3.63, 3.8) is 0 Å². The number of carbonyl (C=O) groups is 1. The molecule has 8 nitrogen and oxygen atoms in total. The van der Waals surface area contributed by atoms with Gasteiger partial charge in [0.25, 0.3) is 5.56 Å². The number of likely N-dealkylation sites (tertiary alicyclic amines) is 1. The first-order valence-electron chi connectivity index (χ1n) is 10.4. The van der Waals surface area contributed by atoms with Gasteiger partial charge in [-0.1, -0.05) is 0 Å². The van der Waals surface area contributed by atoms with E-state index in [4.69, 9.17) is 5.73 Å². The predicted molar refractivity (Wildman–Crippen MR) is 114 cm³/mol. The molecule has 158 valence electrons. The smallest absolute Gasteiger partial charge is 0.251 e. The molecule has 5 heterocycles. The van der Waals surface area contributed by atoms with Crippen molar-refractivity contribution in [2.45, 2.75) is 18.9 Å². The first-order chi connectivity index (χ1) is 14.1. The van der Waals surface area contributed by atoms with Gasteiger partial charge in [0.05, 0.1) is 5.69 Å². The van der Waals surface area contributed by atoms with Crippen molar-refractivity contribution in [2.24, 2.45) is 23.7 Å². The molecule has 1 amide bonds. The number of pyridine rings is 1. The van der Waals surface area contributed by atoms with E-state index in [9.17, 15) is 9.59 Å². The monoisotopic (exact) mass is 428 g/mol. The van der Waals surface area contributed by atoms with Crippen LogP contribution in [0.15, 0.2) is 29.3 Å². The Bertz CT molecular complexity index is 1060. The van der Waals surface area contributed by atoms with Crippen LogP contribution < -0.4 is 16.6 Å². The van der Waals surface area contributed by atoms with Gasteiger partial charge in [-0.05, 0) is 43.3 Å². The summed E-state index contributed by atoms with van der Waals surface area (Å²) in [6.07, 6.45) is 2.44. The van der Waals surface area contributed by atoms with Gasteiger partial charge in [0, 0.05) is 54.9 Å². The minimum absolute atomic E-state index is 0. The van der Waals surface area contributed by atoms with E-state index >= 15 is 0 Å². The molecular weight excluding hydrogens is 404 g/mol. The van der Waals surface area contributed by atoms with Crippen molar-refractivity contribution in [3.05, 3.63) is 40.6 Å². The number of piperidine rings is 2. The van der Waals surface area contributed by atoms with Crippen LogP contribution in [0.3, 0.4) is 0 Å². The van der Waals surface area contributed by atoms with Gasteiger partial charge < -0.3 is 20.5 Å². The molecule has 2 bridgehead atoms. The SMILES string of the molecule is Cl.Nc1cc(-c2cc3n(c(=O)c2)C[C@H]2C[C@@H]3CN(C(=O)C3[C@H]4CNC[C@@H]34)C2)ncn1. The van der Waals surface area contributed by atoms with Crippen LogP contribution in [0.5, 0.6) is 0 Å². The predicted octanol–water partition coefficient (Wildman–Crippen LogP) is 0.720. The summed E-state index contributed by atoms with van der Waals surface area (Å²) in [6, 6.07) is 5.37. The van der Waals surface area contributed by atoms with Crippen LogP contribution >= 0.6 is 12.4 Å². The van der Waals surface area contributed by atoms with Gasteiger partial charge in [-0.3, -0.25) is 9.59 Å². The molecule has 4 aliphatic rings. The molecule has 3 N–H and O–H groups in total. The average molecular weight is 429 g/mol. The second-order valence-electron chi connectivity index (χ2n) is 9.00. The first-order valence-corrected chi connectivity index (χ1v) is 10.4. The van der Waals surface area contributed by atoms with E-state index in [1.807, 2.05) is 10.6 Å². The number of rotatable bonds is 2. The molecule has 2 saturated heterocycles. The summed E-state index contributed by atoms with van der Waals surface area (Å²) < 4.78 is 1.89. The molecule has 1 saturated carbocycles. The zero-order chi connectivity index (χ0) is 19.7. The van der Waals surface area contributed by atoms with Crippen LogP contribution in [0.1, 0.15) is 18.0 Å². The Hall–Kier alpha value is -2.45. The van der Waals surface area contributed by atoms with Crippen molar-refractivity contribution in [3.8, 4) is 11.3 Å². The summed E-state index contributed by atoms with van der Waals surface area (Å²) in [5.41, 5.74) is 8.22. The molecule has 3 fully saturated rings. The van der Waals surface area contributed by atoms with E-state index in [1.165, 1.54) is 6.33 Å². The molecule has 0 spiro atoms. The van der Waals surface area contributed by atoms with Crippen LogP contribution in [0.4, 0.5) is 5.82 Å².